The number of thioether (sulfide) groups is 1. The van der Waals surface area contributed by atoms with Crippen molar-refractivity contribution in [1.82, 2.24) is 5.32 Å². The first kappa shape index (κ1) is 20.7. The van der Waals surface area contributed by atoms with Crippen molar-refractivity contribution in [2.45, 2.75) is 13.5 Å². The number of nitrogens with zero attached hydrogens (tertiary/aromatic N) is 1. The summed E-state index contributed by atoms with van der Waals surface area (Å²) in [4.78, 5) is 17.4. The van der Waals surface area contributed by atoms with Gasteiger partial charge >= 0.3 is 0 Å². The second-order valence-corrected chi connectivity index (χ2v) is 9.08. The zero-order valence-electron chi connectivity index (χ0n) is 16.3. The Labute approximate surface area is 193 Å². The molecule has 0 aliphatic carbocycles. The van der Waals surface area contributed by atoms with Gasteiger partial charge in [0.2, 0.25) is 0 Å². The fourth-order valence-corrected chi connectivity index (χ4v) is 4.06. The first-order chi connectivity index (χ1) is 14.5. The van der Waals surface area contributed by atoms with E-state index in [0.717, 1.165) is 28.1 Å². The molecule has 0 spiro atoms. The molecule has 1 aliphatic heterocycles. The van der Waals surface area contributed by atoms with Crippen LogP contribution in [0.5, 0.6) is 5.75 Å². The number of ether oxygens (including phenoxy) is 1. The van der Waals surface area contributed by atoms with Crippen molar-refractivity contribution in [1.29, 1.82) is 0 Å². The van der Waals surface area contributed by atoms with Crippen LogP contribution in [0.3, 0.4) is 0 Å². The lowest BCUT2D eigenvalue weighted by molar-refractivity contribution is -0.115. The fourth-order valence-electron chi connectivity index (χ4n) is 2.85. The number of halogens is 1. The summed E-state index contributed by atoms with van der Waals surface area (Å²) in [5.74, 6) is 0.659. The number of rotatable bonds is 5. The number of nitrogens with one attached hydrogen (secondary N) is 1. The molecule has 4 rings (SSSR count). The third-order valence-corrected chi connectivity index (χ3v) is 6.01. The number of hydrogen-bond donors (Lipinski definition) is 1. The maximum Gasteiger partial charge on any atom is 0.264 e. The van der Waals surface area contributed by atoms with Gasteiger partial charge in [0, 0.05) is 3.57 Å². The number of aliphatic imine (C=N–C) groups is 1. The second-order valence-electron chi connectivity index (χ2n) is 6.80. The summed E-state index contributed by atoms with van der Waals surface area (Å²) in [7, 11) is 0. The zero-order valence-corrected chi connectivity index (χ0v) is 19.2. The predicted octanol–water partition coefficient (Wildman–Crippen LogP) is 6.07. The van der Waals surface area contributed by atoms with Crippen LogP contribution >= 0.6 is 34.4 Å². The van der Waals surface area contributed by atoms with Crippen LogP contribution in [-0.4, -0.2) is 11.1 Å². The molecule has 3 aromatic carbocycles. The minimum absolute atomic E-state index is 0.134. The smallest absolute Gasteiger partial charge is 0.264 e. The number of aryl methyl sites for hydroxylation is 1. The monoisotopic (exact) mass is 526 g/mol. The number of amides is 1. The molecule has 0 radical (unpaired) electrons. The van der Waals surface area contributed by atoms with Crippen LogP contribution in [0.4, 0.5) is 5.69 Å². The summed E-state index contributed by atoms with van der Waals surface area (Å²) < 4.78 is 7.05. The van der Waals surface area contributed by atoms with Crippen LogP contribution in [0, 0.1) is 10.5 Å². The van der Waals surface area contributed by atoms with Crippen LogP contribution in [-0.2, 0) is 11.4 Å². The Hall–Kier alpha value is -2.58. The molecule has 1 fully saturated rings. The van der Waals surface area contributed by atoms with Gasteiger partial charge in [0.15, 0.2) is 5.17 Å². The van der Waals surface area contributed by atoms with E-state index in [1.807, 2.05) is 61.5 Å². The molecule has 1 saturated heterocycles. The molecule has 1 N–H and O–H groups in total. The van der Waals surface area contributed by atoms with Gasteiger partial charge in [0.25, 0.3) is 5.91 Å². The second kappa shape index (κ2) is 9.49. The summed E-state index contributed by atoms with van der Waals surface area (Å²) in [5.41, 5.74) is 4.02. The molecular weight excluding hydrogens is 507 g/mol. The number of carbonyl (C=O) groups excluding carboxylic acids is 1. The first-order valence-corrected chi connectivity index (χ1v) is 11.3. The topological polar surface area (TPSA) is 50.7 Å². The molecule has 1 amide bonds. The maximum atomic E-state index is 12.3. The van der Waals surface area contributed by atoms with Crippen molar-refractivity contribution in [3.05, 3.63) is 98.0 Å². The molecule has 0 bridgehead atoms. The molecule has 30 heavy (non-hydrogen) atoms. The lowest BCUT2D eigenvalue weighted by atomic mass is 10.2. The molecule has 6 heteroatoms. The quantitative estimate of drug-likeness (QED) is 0.325. The van der Waals surface area contributed by atoms with Crippen molar-refractivity contribution in [2.24, 2.45) is 4.99 Å². The summed E-state index contributed by atoms with van der Waals surface area (Å²) in [6.07, 6.45) is 1.86. The lowest BCUT2D eigenvalue weighted by Crippen LogP contribution is -2.19. The Bertz CT molecular complexity index is 1120. The molecule has 1 heterocycles. The SMILES string of the molecule is Cc1cccc(N=C2NC(=O)/C(=C/c3ccc(OCc4ccc(I)cc4)cc3)S2)c1. The largest absolute Gasteiger partial charge is 0.489 e. The van der Waals surface area contributed by atoms with Crippen LogP contribution < -0.4 is 10.1 Å². The number of hydrogen-bond acceptors (Lipinski definition) is 4. The standard InChI is InChI=1S/C24H19IN2O2S/c1-16-3-2-4-20(13-16)26-24-27-23(28)22(30-24)14-17-7-11-21(12-8-17)29-15-18-5-9-19(25)10-6-18/h2-14H,15H2,1H3,(H,26,27,28)/b22-14-. The van der Waals surface area contributed by atoms with E-state index >= 15 is 0 Å². The van der Waals surface area contributed by atoms with E-state index in [2.05, 4.69) is 57.2 Å². The van der Waals surface area contributed by atoms with Gasteiger partial charge in [-0.25, -0.2) is 4.99 Å². The molecule has 0 atom stereocenters. The highest BCUT2D eigenvalue weighted by Crippen LogP contribution is 2.28. The van der Waals surface area contributed by atoms with E-state index in [9.17, 15) is 4.79 Å². The molecule has 1 aliphatic rings. The summed E-state index contributed by atoms with van der Waals surface area (Å²) >= 11 is 3.63. The highest BCUT2D eigenvalue weighted by Gasteiger charge is 2.23. The normalized spacial score (nSPS) is 16.1. The van der Waals surface area contributed by atoms with Gasteiger partial charge in [-0.2, -0.15) is 0 Å². The average molecular weight is 526 g/mol. The van der Waals surface area contributed by atoms with Crippen molar-refractivity contribution >= 4 is 57.2 Å². The minimum atomic E-state index is -0.134. The molecule has 4 nitrogen and oxygen atoms in total. The third kappa shape index (κ3) is 5.52. The Kier molecular flexibility index (Phi) is 6.54. The van der Waals surface area contributed by atoms with Gasteiger partial charge in [-0.3, -0.25) is 4.79 Å². The van der Waals surface area contributed by atoms with E-state index in [1.165, 1.54) is 15.3 Å². The molecule has 3 aromatic rings. The summed E-state index contributed by atoms with van der Waals surface area (Å²) in [6, 6.07) is 23.8. The van der Waals surface area contributed by atoms with E-state index < -0.39 is 0 Å². The fraction of sp³-hybridized carbons (Fsp3) is 0.0833. The van der Waals surface area contributed by atoms with Crippen LogP contribution in [0.2, 0.25) is 0 Å². The van der Waals surface area contributed by atoms with Crippen molar-refractivity contribution in [3.8, 4) is 5.75 Å². The zero-order chi connectivity index (χ0) is 20.9. The van der Waals surface area contributed by atoms with Crippen LogP contribution in [0.25, 0.3) is 6.08 Å². The van der Waals surface area contributed by atoms with Crippen molar-refractivity contribution < 1.29 is 9.53 Å². The predicted molar refractivity (Wildman–Crippen MR) is 132 cm³/mol. The first-order valence-electron chi connectivity index (χ1n) is 9.39. The number of benzene rings is 3. The van der Waals surface area contributed by atoms with Gasteiger partial charge in [0.05, 0.1) is 10.6 Å². The van der Waals surface area contributed by atoms with E-state index in [1.54, 1.807) is 0 Å². The Morgan fingerprint density at radius 2 is 1.83 bits per heavy atom. The third-order valence-electron chi connectivity index (χ3n) is 4.38. The highest BCUT2D eigenvalue weighted by atomic mass is 127. The van der Waals surface area contributed by atoms with Crippen molar-refractivity contribution in [2.75, 3.05) is 0 Å². The van der Waals surface area contributed by atoms with Gasteiger partial charge in [-0.05, 0) is 100 Å². The van der Waals surface area contributed by atoms with Gasteiger partial charge in [0.1, 0.15) is 12.4 Å². The molecular formula is C24H19IN2O2S. The Morgan fingerprint density at radius 1 is 1.07 bits per heavy atom. The van der Waals surface area contributed by atoms with Crippen LogP contribution in [0.1, 0.15) is 16.7 Å². The number of amidine groups is 1. The van der Waals surface area contributed by atoms with Gasteiger partial charge in [-0.15, -0.1) is 0 Å². The maximum absolute atomic E-state index is 12.3. The lowest BCUT2D eigenvalue weighted by Gasteiger charge is -2.07. The minimum Gasteiger partial charge on any atom is -0.489 e. The average Bonchev–Trinajstić information content (AvgIpc) is 3.07. The molecule has 0 saturated carbocycles. The van der Waals surface area contributed by atoms with Crippen molar-refractivity contribution in [3.63, 3.8) is 0 Å². The molecule has 150 valence electrons. The Morgan fingerprint density at radius 3 is 2.57 bits per heavy atom. The molecule has 0 unspecified atom stereocenters. The summed E-state index contributed by atoms with van der Waals surface area (Å²) in [6.45, 7) is 2.54. The highest BCUT2D eigenvalue weighted by molar-refractivity contribution is 14.1. The van der Waals surface area contributed by atoms with Gasteiger partial charge in [-0.1, -0.05) is 36.4 Å². The van der Waals surface area contributed by atoms with Gasteiger partial charge < -0.3 is 10.1 Å². The van der Waals surface area contributed by atoms with Crippen LogP contribution in [0.15, 0.2) is 82.7 Å². The summed E-state index contributed by atoms with van der Waals surface area (Å²) in [5, 5.41) is 3.42. The van der Waals surface area contributed by atoms with E-state index in [0.29, 0.717) is 16.7 Å². The Balaban J connectivity index is 1.40. The van der Waals surface area contributed by atoms with E-state index in [-0.39, 0.29) is 5.91 Å². The van der Waals surface area contributed by atoms with E-state index in [4.69, 9.17) is 4.74 Å². The number of carbonyl (C=O) groups is 1. The molecule has 0 aromatic heterocycles.